The highest BCUT2D eigenvalue weighted by Crippen LogP contribution is 2.55. The van der Waals surface area contributed by atoms with Crippen LogP contribution in [0.2, 0.25) is 0 Å². The lowest BCUT2D eigenvalue weighted by molar-refractivity contribution is -0.0553. The quantitative estimate of drug-likeness (QED) is 0.102. The minimum absolute atomic E-state index is 0.00784. The van der Waals surface area contributed by atoms with E-state index in [0.29, 0.717) is 12.8 Å². The fraction of sp³-hybridized carbons (Fsp3) is 0.943. The molecule has 0 amide bonds. The second kappa shape index (κ2) is 22.1. The summed E-state index contributed by atoms with van der Waals surface area (Å²) in [7, 11) is -0.637. The van der Waals surface area contributed by atoms with E-state index < -0.39 is 58.4 Å². The molecule has 0 spiro atoms. The Labute approximate surface area is 326 Å². The van der Waals surface area contributed by atoms with Crippen LogP contribution in [-0.4, -0.2) is 150 Å². The lowest BCUT2D eigenvalue weighted by atomic mass is 10.1. The van der Waals surface area contributed by atoms with Crippen molar-refractivity contribution in [3.05, 3.63) is 12.3 Å². The lowest BCUT2D eigenvalue weighted by Crippen LogP contribution is -2.37. The normalized spacial score (nSPS) is 41.1. The molecular weight excluding hydrogens is 768 g/mol. The third-order valence-corrected chi connectivity index (χ3v) is 13.4. The minimum Gasteiger partial charge on any atom is -0.408 e. The van der Waals surface area contributed by atoms with E-state index in [-0.39, 0.29) is 86.3 Å². The number of rotatable bonds is 20. The number of aliphatic hydroxyl groups is 2. The van der Waals surface area contributed by atoms with Crippen molar-refractivity contribution < 1.29 is 80.0 Å². The van der Waals surface area contributed by atoms with E-state index >= 15 is 0 Å². The number of ether oxygens (including phenoxy) is 7. The zero-order chi connectivity index (χ0) is 41.2. The van der Waals surface area contributed by atoms with Crippen LogP contribution in [0.25, 0.3) is 0 Å². The molecule has 2 aliphatic heterocycles. The van der Waals surface area contributed by atoms with Gasteiger partial charge in [0, 0.05) is 47.4 Å². The predicted octanol–water partition coefficient (Wildman–Crippen LogP) is 3.20. The predicted molar refractivity (Wildman–Crippen MR) is 199 cm³/mol. The Morgan fingerprint density at radius 3 is 1.71 bits per heavy atom. The maximum absolute atomic E-state index is 13.6. The molecule has 18 atom stereocenters. The highest BCUT2D eigenvalue weighted by Gasteiger charge is 2.50. The van der Waals surface area contributed by atoms with Gasteiger partial charge in [0.05, 0.1) is 69.1 Å². The number of hydrogen-bond acceptors (Lipinski definition) is 17. The number of nitrogens with two attached hydrogens (primary N) is 1. The molecule has 0 bridgehead atoms. The maximum atomic E-state index is 13.6. The van der Waals surface area contributed by atoms with Gasteiger partial charge in [0.15, 0.2) is 0 Å². The van der Waals surface area contributed by atoms with Crippen molar-refractivity contribution in [2.24, 2.45) is 29.4 Å². The van der Waals surface area contributed by atoms with Crippen molar-refractivity contribution in [2.45, 2.75) is 127 Å². The third-order valence-electron chi connectivity index (χ3n) is 11.0. The van der Waals surface area contributed by atoms with Gasteiger partial charge in [-0.25, -0.2) is 9.13 Å². The third kappa shape index (κ3) is 12.5. The summed E-state index contributed by atoms with van der Waals surface area (Å²) in [6.45, 7) is 12.9. The Bertz CT molecular complexity index is 1270. The Hall–Kier alpha value is -0.600. The molecule has 4 rings (SSSR count). The minimum atomic E-state index is -4.42. The average Bonchev–Trinajstić information content (AvgIpc) is 3.83. The van der Waals surface area contributed by atoms with Gasteiger partial charge < -0.3 is 58.5 Å². The zero-order valence-electron chi connectivity index (χ0n) is 33.9. The van der Waals surface area contributed by atoms with Crippen molar-refractivity contribution in [1.29, 1.82) is 0 Å². The Morgan fingerprint density at radius 1 is 0.727 bits per heavy atom. The summed E-state index contributed by atoms with van der Waals surface area (Å²) in [5, 5.41) is 19.6. The van der Waals surface area contributed by atoms with Crippen molar-refractivity contribution in [3.63, 3.8) is 0 Å². The molecule has 0 aromatic heterocycles. The summed E-state index contributed by atoms with van der Waals surface area (Å²) in [6.07, 6.45) is -3.50. The Kier molecular flexibility index (Phi) is 19.6. The van der Waals surface area contributed by atoms with Gasteiger partial charge >= 0.3 is 15.6 Å². The molecule has 0 aromatic rings. The first kappa shape index (κ1) is 48.8. The molecule has 2 saturated heterocycles. The first-order valence-electron chi connectivity index (χ1n) is 18.9. The molecule has 2 saturated carbocycles. The monoisotopic (exact) mass is 835 g/mol. The summed E-state index contributed by atoms with van der Waals surface area (Å²) in [5.41, 5.74) is 5.59. The topological polar surface area (TPSA) is 232 Å². The van der Waals surface area contributed by atoms with Crippen LogP contribution in [0, 0.1) is 23.7 Å². The highest BCUT2D eigenvalue weighted by atomic mass is 31.2. The van der Waals surface area contributed by atoms with Crippen LogP contribution in [-0.2, 0) is 64.9 Å². The Balaban J connectivity index is 0.000000300. The molecule has 55 heavy (non-hydrogen) atoms. The Morgan fingerprint density at radius 2 is 1.22 bits per heavy atom. The molecule has 324 valence electrons. The van der Waals surface area contributed by atoms with Crippen LogP contribution in [0.3, 0.4) is 0 Å². The van der Waals surface area contributed by atoms with Crippen molar-refractivity contribution >= 4 is 15.6 Å². The summed E-state index contributed by atoms with van der Waals surface area (Å²) in [4.78, 5) is 10.0. The first-order chi connectivity index (χ1) is 26.0. The smallest absolute Gasteiger partial charge is 0.408 e. The molecular formula is C35H67NO17P2. The molecule has 5 N–H and O–H groups in total. The van der Waals surface area contributed by atoms with Gasteiger partial charge in [-0.3, -0.25) is 18.1 Å². The van der Waals surface area contributed by atoms with Gasteiger partial charge in [0.25, 0.3) is 0 Å². The fourth-order valence-electron chi connectivity index (χ4n) is 8.27. The zero-order valence-corrected chi connectivity index (χ0v) is 35.7. The van der Waals surface area contributed by atoms with Gasteiger partial charge in [0.2, 0.25) is 0 Å². The molecule has 18 nitrogen and oxygen atoms in total. The number of aliphatic hydroxyl groups excluding tert-OH is 2. The fourth-order valence-corrected chi connectivity index (χ4v) is 10.8. The van der Waals surface area contributed by atoms with Crippen LogP contribution in [0.15, 0.2) is 12.3 Å². The molecule has 2 heterocycles. The van der Waals surface area contributed by atoms with Gasteiger partial charge in [-0.2, -0.15) is 0 Å². The van der Waals surface area contributed by atoms with Gasteiger partial charge in [-0.05, 0) is 44.9 Å². The van der Waals surface area contributed by atoms with E-state index in [1.54, 1.807) is 28.3 Å². The van der Waals surface area contributed by atoms with E-state index in [4.69, 9.17) is 61.5 Å². The van der Waals surface area contributed by atoms with E-state index in [0.717, 1.165) is 6.42 Å². The number of phosphoric ester groups is 2. The molecule has 0 radical (unpaired) electrons. The first-order valence-corrected chi connectivity index (χ1v) is 21.8. The van der Waals surface area contributed by atoms with Gasteiger partial charge in [-0.15, -0.1) is 0 Å². The maximum Gasteiger partial charge on any atom is 0.530 e. The van der Waals surface area contributed by atoms with Crippen molar-refractivity contribution in [3.8, 4) is 0 Å². The molecule has 2 aliphatic carbocycles. The van der Waals surface area contributed by atoms with E-state index in [1.165, 1.54) is 14.2 Å². The van der Waals surface area contributed by atoms with Gasteiger partial charge in [0.1, 0.15) is 36.3 Å². The lowest BCUT2D eigenvalue weighted by Gasteiger charge is -2.29. The van der Waals surface area contributed by atoms with Crippen LogP contribution in [0.1, 0.15) is 53.9 Å². The standard InChI is InChI=1S/C20H38NO8P.C15H29O9P/c1-8-16-20(18(24-6)14(4)27-16)29-30(22,28-13(3)10-21)26-11-15-9-12(2)17(23-5)19(15)25-7;1-8-5-10(12(17)13(8)20-3)7-22-25(18,19)24-15-11(6-16)23-9(2)14(15)21-4/h12,14-20H,3,8-11,21H2,1-2,4-7H3;8-17H,5-7H2,1-4H3,(H,18,19)/t12-,14+,15-,16-,17-,18-,19?,20?,30?;8-,9+,10-,11-,12?,13-,14-,15?/m11/s1. The van der Waals surface area contributed by atoms with E-state index in [9.17, 15) is 24.2 Å². The second-order valence-electron chi connectivity index (χ2n) is 14.8. The van der Waals surface area contributed by atoms with Crippen molar-refractivity contribution in [1.82, 2.24) is 0 Å². The largest absolute Gasteiger partial charge is 0.530 e. The van der Waals surface area contributed by atoms with Crippen LogP contribution < -0.4 is 5.73 Å². The van der Waals surface area contributed by atoms with Crippen LogP contribution in [0.4, 0.5) is 0 Å². The summed E-state index contributed by atoms with van der Waals surface area (Å²) in [6, 6.07) is 0. The number of methoxy groups -OCH3 is 5. The number of hydrogen-bond donors (Lipinski definition) is 4. The molecule has 6 unspecified atom stereocenters. The van der Waals surface area contributed by atoms with E-state index in [2.05, 4.69) is 13.5 Å². The summed E-state index contributed by atoms with van der Waals surface area (Å²) < 4.78 is 92.0. The highest BCUT2D eigenvalue weighted by molar-refractivity contribution is 7.48. The summed E-state index contributed by atoms with van der Waals surface area (Å²) in [5.74, 6) is 0.161. The SMILES string of the molecule is C=C(CN)OP(=O)(OC[C@H]1C[C@@H](C)[C@@H](OC)C1OC)OC1[C@@H](CC)O[C@@H](C)[C@H]1OC.CO[C@H]1C(O)[C@@H](COP(=O)(O)OC2[C@@H](CO)O[C@@H](C)[C@H]2OC)C[C@H]1C. The summed E-state index contributed by atoms with van der Waals surface area (Å²) >= 11 is 0. The molecule has 4 aliphatic rings. The number of phosphoric acid groups is 2. The molecule has 20 heteroatoms. The second-order valence-corrected chi connectivity index (χ2v) is 17.7. The van der Waals surface area contributed by atoms with Crippen molar-refractivity contribution in [2.75, 3.05) is 61.9 Å². The van der Waals surface area contributed by atoms with Crippen LogP contribution in [0.5, 0.6) is 0 Å². The molecule has 4 fully saturated rings. The van der Waals surface area contributed by atoms with Crippen LogP contribution >= 0.6 is 15.6 Å². The average molecular weight is 836 g/mol. The molecule has 0 aromatic carbocycles. The van der Waals surface area contributed by atoms with Gasteiger partial charge in [-0.1, -0.05) is 27.4 Å². The van der Waals surface area contributed by atoms with E-state index in [1.807, 2.05) is 20.8 Å².